The first-order chi connectivity index (χ1) is 7.88. The summed E-state index contributed by atoms with van der Waals surface area (Å²) < 4.78 is 9.67. The van der Waals surface area contributed by atoms with Gasteiger partial charge in [0.2, 0.25) is 0 Å². The minimum Gasteiger partial charge on any atom is -0.463 e. The molecule has 0 fully saturated rings. The number of hydrogen-bond donors (Lipinski definition) is 1. The monoisotopic (exact) mass is 374 g/mol. The van der Waals surface area contributed by atoms with Crippen LogP contribution in [0.4, 0.5) is 0 Å². The van der Waals surface area contributed by atoms with Crippen LogP contribution in [0.15, 0.2) is 0 Å². The van der Waals surface area contributed by atoms with Gasteiger partial charge in [0, 0.05) is 0 Å². The van der Waals surface area contributed by atoms with Crippen LogP contribution in [0.1, 0.15) is 20.3 Å². The van der Waals surface area contributed by atoms with Crippen molar-refractivity contribution in [1.29, 1.82) is 0 Å². The summed E-state index contributed by atoms with van der Waals surface area (Å²) in [6, 6.07) is 0. The maximum atomic E-state index is 11.7. The smallest absolute Gasteiger partial charge is 0.306 e. The molecule has 0 rings (SSSR count). The van der Waals surface area contributed by atoms with Gasteiger partial charge >= 0.3 is 11.9 Å². The maximum absolute atomic E-state index is 11.7. The fourth-order valence-corrected chi connectivity index (χ4v) is 1.88. The van der Waals surface area contributed by atoms with Crippen molar-refractivity contribution < 1.29 is 24.2 Å². The van der Waals surface area contributed by atoms with Crippen LogP contribution in [0.5, 0.6) is 0 Å². The Morgan fingerprint density at radius 3 is 2.47 bits per heavy atom. The van der Waals surface area contributed by atoms with Gasteiger partial charge in [-0.1, -0.05) is 0 Å². The minimum absolute atomic E-state index is 0.0390. The second-order valence-corrected chi connectivity index (χ2v) is 7.20. The number of carbonyl (C=O) groups is 2. The van der Waals surface area contributed by atoms with Crippen molar-refractivity contribution >= 4 is 47.7 Å². The summed E-state index contributed by atoms with van der Waals surface area (Å²) >= 11 is 2.04. The molecule has 0 aromatic rings. The van der Waals surface area contributed by atoms with E-state index in [1.165, 1.54) is 0 Å². The van der Waals surface area contributed by atoms with Gasteiger partial charge in [-0.25, -0.2) is 0 Å². The number of aliphatic hydroxyl groups excluding tert-OH is 1. The van der Waals surface area contributed by atoms with E-state index >= 15 is 0 Å². The van der Waals surface area contributed by atoms with E-state index in [2.05, 4.69) is 9.12 Å². The molecule has 2 atom stereocenters. The molecule has 98 valence electrons. The van der Waals surface area contributed by atoms with Gasteiger partial charge in [-0.2, -0.15) is 9.12 Å². The highest BCUT2D eigenvalue weighted by molar-refractivity contribution is 14.1. The summed E-state index contributed by atoms with van der Waals surface area (Å²) in [5, 5.41) is 8.51. The van der Waals surface area contributed by atoms with Gasteiger partial charge in [0.05, 0.1) is 24.9 Å². The Labute approximate surface area is 117 Å². The molecule has 0 aromatic carbocycles. The zero-order valence-electron chi connectivity index (χ0n) is 9.89. The van der Waals surface area contributed by atoms with Crippen molar-refractivity contribution in [3.05, 3.63) is 0 Å². The molecule has 0 amide bonds. The molecule has 8 heteroatoms. The third-order valence-electron chi connectivity index (χ3n) is 1.78. The van der Waals surface area contributed by atoms with Crippen molar-refractivity contribution in [3.8, 4) is 0 Å². The first-order valence-electron chi connectivity index (χ1n) is 5.25. The van der Waals surface area contributed by atoms with Gasteiger partial charge in [-0.15, -0.1) is 22.4 Å². The highest BCUT2D eigenvalue weighted by Crippen LogP contribution is 2.27. The lowest BCUT2D eigenvalue weighted by molar-refractivity contribution is -0.152. The fourth-order valence-electron chi connectivity index (χ4n) is 1.04. The van der Waals surface area contributed by atoms with Crippen molar-refractivity contribution in [2.75, 3.05) is 13.2 Å². The molecule has 2 unspecified atom stereocenters. The summed E-state index contributed by atoms with van der Waals surface area (Å²) in [5.41, 5.74) is 0. The lowest BCUT2D eigenvalue weighted by atomic mass is 9.82. The molecule has 0 aliphatic rings. The van der Waals surface area contributed by atoms with Crippen LogP contribution < -0.4 is 0 Å². The third-order valence-corrected chi connectivity index (χ3v) is 3.11. The van der Waals surface area contributed by atoms with Crippen LogP contribution in [-0.2, 0) is 19.1 Å². The normalized spacial score (nSPS) is 12.1. The fraction of sp³-hybridized carbons (Fsp3) is 0.778. The molecule has 0 spiro atoms. The van der Waals surface area contributed by atoms with E-state index in [1.807, 2.05) is 22.4 Å². The summed E-state index contributed by atoms with van der Waals surface area (Å²) in [6.07, 6.45) is -0.249. The second kappa shape index (κ2) is 9.11. The number of hydrogen-bond acceptors (Lipinski definition) is 5. The molecule has 17 heavy (non-hydrogen) atoms. The Balaban J connectivity index is 4.33. The molecule has 0 radical (unpaired) electrons. The van der Waals surface area contributed by atoms with Crippen LogP contribution in [0.3, 0.4) is 0 Å². The Hall–Kier alpha value is 0.125. The lowest BCUT2D eigenvalue weighted by Gasteiger charge is -2.17. The number of rotatable bonds is 7. The van der Waals surface area contributed by atoms with Crippen molar-refractivity contribution in [3.63, 3.8) is 0 Å². The quantitative estimate of drug-likeness (QED) is 0.312. The van der Waals surface area contributed by atoms with Gasteiger partial charge in [0.1, 0.15) is 6.61 Å². The number of carbonyl (C=O) groups excluding carboxylic acids is 2. The first kappa shape index (κ1) is 17.1. The Kier molecular flexibility index (Phi) is 9.17. The third kappa shape index (κ3) is 7.94. The van der Waals surface area contributed by atoms with Crippen LogP contribution in [-0.4, -0.2) is 40.7 Å². The topological polar surface area (TPSA) is 72.8 Å². The van der Waals surface area contributed by atoms with Gasteiger partial charge in [-0.3, -0.25) is 9.59 Å². The molecule has 1 N–H and O–H groups in total. The molecule has 0 aliphatic heterocycles. The molecule has 0 saturated carbocycles. The van der Waals surface area contributed by atoms with E-state index < -0.39 is 17.8 Å². The summed E-state index contributed by atoms with van der Waals surface area (Å²) in [4.78, 5) is 23.1. The molecule has 0 saturated heterocycles. The van der Waals surface area contributed by atoms with E-state index in [4.69, 9.17) is 14.6 Å². The van der Waals surface area contributed by atoms with E-state index in [1.54, 1.807) is 13.8 Å². The molecular weight excluding hydrogens is 357 g/mol. The average molecular weight is 374 g/mol. The summed E-state index contributed by atoms with van der Waals surface area (Å²) in [6.45, 7) is 3.24. The maximum Gasteiger partial charge on any atom is 0.306 e. The minimum atomic E-state index is -0.547. The van der Waals surface area contributed by atoms with Crippen molar-refractivity contribution in [2.45, 2.75) is 32.2 Å². The Bertz CT molecular complexity index is 262. The Morgan fingerprint density at radius 2 is 2.06 bits per heavy atom. The molecule has 0 aromatic heterocycles. The van der Waals surface area contributed by atoms with Gasteiger partial charge in [0.15, 0.2) is 0 Å². The Morgan fingerprint density at radius 1 is 1.47 bits per heavy atom. The van der Waals surface area contributed by atoms with Gasteiger partial charge < -0.3 is 14.6 Å². The molecular formula is C9H17BIO5P. The predicted octanol–water partition coefficient (Wildman–Crippen LogP) is 1.03. The molecule has 0 bridgehead atoms. The zero-order chi connectivity index (χ0) is 13.4. The average Bonchev–Trinajstić information content (AvgIpc) is 2.21. The van der Waals surface area contributed by atoms with Crippen LogP contribution >= 0.6 is 31.5 Å². The van der Waals surface area contributed by atoms with E-state index in [0.29, 0.717) is 0 Å². The zero-order valence-corrected chi connectivity index (χ0v) is 13.2. The SMILES string of the molecule is CC(C)OC(=O)C(CC(=O)OCCO)B(P)I. The number of halogens is 1. The number of aliphatic hydroxyl groups is 1. The number of ether oxygens (including phenoxy) is 2. The van der Waals surface area contributed by atoms with E-state index in [9.17, 15) is 9.59 Å². The van der Waals surface area contributed by atoms with Crippen LogP contribution in [0.2, 0.25) is 5.82 Å². The van der Waals surface area contributed by atoms with Gasteiger partial charge in [-0.05, 0) is 13.8 Å². The first-order valence-corrected chi connectivity index (χ1v) is 7.16. The van der Waals surface area contributed by atoms with Crippen LogP contribution in [0, 0.1) is 0 Å². The standard InChI is InChI=1S/C9H17BIO5P/c1-6(2)16-9(14)7(10(11)17)5-8(13)15-4-3-12/h6-7,12H,3-5,17H2,1-2H3. The number of esters is 2. The summed E-state index contributed by atoms with van der Waals surface area (Å²) in [7, 11) is 2.47. The summed E-state index contributed by atoms with van der Waals surface area (Å²) in [5.74, 6) is -1.46. The van der Waals surface area contributed by atoms with Crippen molar-refractivity contribution in [1.82, 2.24) is 0 Å². The molecule has 0 heterocycles. The van der Waals surface area contributed by atoms with E-state index in [-0.39, 0.29) is 30.0 Å². The lowest BCUT2D eigenvalue weighted by Crippen LogP contribution is -2.26. The largest absolute Gasteiger partial charge is 0.463 e. The molecule has 0 aliphatic carbocycles. The van der Waals surface area contributed by atoms with Crippen LogP contribution in [0.25, 0.3) is 0 Å². The highest BCUT2D eigenvalue weighted by Gasteiger charge is 2.31. The van der Waals surface area contributed by atoms with Gasteiger partial charge in [0.25, 0.3) is 4.29 Å². The van der Waals surface area contributed by atoms with E-state index in [0.717, 1.165) is 0 Å². The second-order valence-electron chi connectivity index (χ2n) is 3.68. The van der Waals surface area contributed by atoms with Crippen molar-refractivity contribution in [2.24, 2.45) is 0 Å². The molecule has 5 nitrogen and oxygen atoms in total. The highest BCUT2D eigenvalue weighted by atomic mass is 127. The predicted molar refractivity (Wildman–Crippen MR) is 77.1 cm³/mol.